The molecule has 0 aliphatic carbocycles. The third kappa shape index (κ3) is 6.03. The van der Waals surface area contributed by atoms with E-state index in [0.717, 1.165) is 25.9 Å². The smallest absolute Gasteiger partial charge is 0.251 e. The van der Waals surface area contributed by atoms with Crippen LogP contribution in [0.25, 0.3) is 0 Å². The second kappa shape index (κ2) is 9.12. The molecule has 0 aromatic heterocycles. The predicted octanol–water partition coefficient (Wildman–Crippen LogP) is 2.49. The van der Waals surface area contributed by atoms with Crippen molar-refractivity contribution < 1.29 is 9.53 Å². The molecular weight excluding hydrogens is 240 g/mol. The summed E-state index contributed by atoms with van der Waals surface area (Å²) in [5.74, 6) is -0.148. The molecule has 0 aliphatic rings. The average Bonchev–Trinajstić information content (AvgIpc) is 2.46. The Hall–Kier alpha value is -1.86. The van der Waals surface area contributed by atoms with Gasteiger partial charge < -0.3 is 10.1 Å². The lowest BCUT2D eigenvalue weighted by molar-refractivity contribution is 0.0940. The topological polar surface area (TPSA) is 62.1 Å². The second-order valence-corrected chi connectivity index (χ2v) is 4.27. The molecule has 1 aromatic rings. The van der Waals surface area contributed by atoms with Crippen LogP contribution in [0.4, 0.5) is 0 Å². The highest BCUT2D eigenvalue weighted by atomic mass is 16.5. The van der Waals surface area contributed by atoms with Gasteiger partial charge in [-0.1, -0.05) is 19.4 Å². The number of rotatable bonds is 8. The zero-order chi connectivity index (χ0) is 13.9. The standard InChI is InChI=1S/C15H20N2O2/c1-2-3-9-19-10-5-8-17-15(18)14-7-4-6-13(11-14)12-16/h4,6-7,11H,2-3,5,8-10H2,1H3,(H,17,18). The number of unbranched alkanes of at least 4 members (excludes halogenated alkanes) is 1. The molecule has 0 saturated heterocycles. The Balaban J connectivity index is 2.22. The largest absolute Gasteiger partial charge is 0.381 e. The van der Waals surface area contributed by atoms with E-state index >= 15 is 0 Å². The van der Waals surface area contributed by atoms with E-state index in [9.17, 15) is 4.79 Å². The minimum absolute atomic E-state index is 0.148. The van der Waals surface area contributed by atoms with Gasteiger partial charge in [0, 0.05) is 25.3 Å². The molecule has 102 valence electrons. The van der Waals surface area contributed by atoms with Gasteiger partial charge in [0.2, 0.25) is 0 Å². The lowest BCUT2D eigenvalue weighted by Gasteiger charge is -2.06. The van der Waals surface area contributed by atoms with Gasteiger partial charge in [0.05, 0.1) is 11.6 Å². The lowest BCUT2D eigenvalue weighted by Crippen LogP contribution is -2.25. The normalized spacial score (nSPS) is 9.89. The maximum absolute atomic E-state index is 11.8. The van der Waals surface area contributed by atoms with E-state index in [1.54, 1.807) is 24.3 Å². The SMILES string of the molecule is CCCCOCCCNC(=O)c1cccc(C#N)c1. The van der Waals surface area contributed by atoms with Crippen molar-refractivity contribution in [3.05, 3.63) is 35.4 Å². The number of amides is 1. The number of hydrogen-bond donors (Lipinski definition) is 1. The summed E-state index contributed by atoms with van der Waals surface area (Å²) in [6, 6.07) is 8.70. The van der Waals surface area contributed by atoms with E-state index in [4.69, 9.17) is 10.00 Å². The monoisotopic (exact) mass is 260 g/mol. The van der Waals surface area contributed by atoms with Crippen LogP contribution in [0.3, 0.4) is 0 Å². The van der Waals surface area contributed by atoms with Gasteiger partial charge >= 0.3 is 0 Å². The Morgan fingerprint density at radius 2 is 2.16 bits per heavy atom. The summed E-state index contributed by atoms with van der Waals surface area (Å²) in [6.07, 6.45) is 3.01. The molecule has 0 bridgehead atoms. The predicted molar refractivity (Wildman–Crippen MR) is 73.8 cm³/mol. The van der Waals surface area contributed by atoms with E-state index in [1.165, 1.54) is 0 Å². The molecule has 1 aromatic carbocycles. The fourth-order valence-corrected chi connectivity index (χ4v) is 1.56. The third-order valence-corrected chi connectivity index (χ3v) is 2.65. The quantitative estimate of drug-likeness (QED) is 0.730. The van der Waals surface area contributed by atoms with Crippen LogP contribution in [0.2, 0.25) is 0 Å². The Morgan fingerprint density at radius 1 is 1.37 bits per heavy atom. The first kappa shape index (κ1) is 15.2. The van der Waals surface area contributed by atoms with Crippen molar-refractivity contribution >= 4 is 5.91 Å². The Labute approximate surface area is 114 Å². The summed E-state index contributed by atoms with van der Waals surface area (Å²) >= 11 is 0. The van der Waals surface area contributed by atoms with Crippen LogP contribution in [0.1, 0.15) is 42.1 Å². The van der Waals surface area contributed by atoms with Crippen molar-refractivity contribution in [2.45, 2.75) is 26.2 Å². The summed E-state index contributed by atoms with van der Waals surface area (Å²) in [5, 5.41) is 11.6. The lowest BCUT2D eigenvalue weighted by atomic mass is 10.1. The molecule has 0 saturated carbocycles. The van der Waals surface area contributed by atoms with Crippen LogP contribution in [-0.4, -0.2) is 25.7 Å². The number of benzene rings is 1. The number of nitrogens with zero attached hydrogens (tertiary/aromatic N) is 1. The van der Waals surface area contributed by atoms with Crippen LogP contribution in [0.15, 0.2) is 24.3 Å². The molecule has 0 heterocycles. The van der Waals surface area contributed by atoms with Gasteiger partial charge in [0.25, 0.3) is 5.91 Å². The van der Waals surface area contributed by atoms with Crippen molar-refractivity contribution in [3.63, 3.8) is 0 Å². The summed E-state index contributed by atoms with van der Waals surface area (Å²) < 4.78 is 5.40. The summed E-state index contributed by atoms with van der Waals surface area (Å²) in [7, 11) is 0. The number of carbonyl (C=O) groups is 1. The number of nitriles is 1. The maximum atomic E-state index is 11.8. The highest BCUT2D eigenvalue weighted by Gasteiger charge is 2.04. The Bertz CT molecular complexity index is 438. The maximum Gasteiger partial charge on any atom is 0.251 e. The Morgan fingerprint density at radius 3 is 2.89 bits per heavy atom. The molecule has 0 spiro atoms. The van der Waals surface area contributed by atoms with Gasteiger partial charge in [0.1, 0.15) is 0 Å². The van der Waals surface area contributed by atoms with Crippen molar-refractivity contribution in [2.75, 3.05) is 19.8 Å². The highest BCUT2D eigenvalue weighted by Crippen LogP contribution is 2.03. The van der Waals surface area contributed by atoms with Crippen LogP contribution in [-0.2, 0) is 4.74 Å². The van der Waals surface area contributed by atoms with Gasteiger partial charge in [-0.3, -0.25) is 4.79 Å². The first-order valence-corrected chi connectivity index (χ1v) is 6.64. The van der Waals surface area contributed by atoms with E-state index in [0.29, 0.717) is 24.3 Å². The minimum atomic E-state index is -0.148. The third-order valence-electron chi connectivity index (χ3n) is 2.65. The molecule has 1 rings (SSSR count). The molecular formula is C15H20N2O2. The number of ether oxygens (including phenoxy) is 1. The van der Waals surface area contributed by atoms with Gasteiger partial charge in [-0.05, 0) is 31.0 Å². The molecule has 4 heteroatoms. The fraction of sp³-hybridized carbons (Fsp3) is 0.467. The first-order chi connectivity index (χ1) is 9.27. The van der Waals surface area contributed by atoms with Crippen LogP contribution < -0.4 is 5.32 Å². The van der Waals surface area contributed by atoms with E-state index in [1.807, 2.05) is 6.07 Å². The van der Waals surface area contributed by atoms with E-state index < -0.39 is 0 Å². The van der Waals surface area contributed by atoms with Crippen molar-refractivity contribution in [1.82, 2.24) is 5.32 Å². The number of hydrogen-bond acceptors (Lipinski definition) is 3. The Kier molecular flexibility index (Phi) is 7.30. The van der Waals surface area contributed by atoms with Crippen LogP contribution >= 0.6 is 0 Å². The molecule has 19 heavy (non-hydrogen) atoms. The van der Waals surface area contributed by atoms with Gasteiger partial charge in [-0.15, -0.1) is 0 Å². The second-order valence-electron chi connectivity index (χ2n) is 4.27. The van der Waals surface area contributed by atoms with E-state index in [2.05, 4.69) is 12.2 Å². The van der Waals surface area contributed by atoms with Gasteiger partial charge in [-0.2, -0.15) is 5.26 Å². The molecule has 4 nitrogen and oxygen atoms in total. The summed E-state index contributed by atoms with van der Waals surface area (Å²) in [5.41, 5.74) is 1.02. The molecule has 0 fully saturated rings. The zero-order valence-corrected chi connectivity index (χ0v) is 11.3. The van der Waals surface area contributed by atoms with Crippen LogP contribution in [0.5, 0.6) is 0 Å². The van der Waals surface area contributed by atoms with Gasteiger partial charge in [-0.25, -0.2) is 0 Å². The van der Waals surface area contributed by atoms with Crippen molar-refractivity contribution in [3.8, 4) is 6.07 Å². The molecule has 0 aliphatic heterocycles. The highest BCUT2D eigenvalue weighted by molar-refractivity contribution is 5.94. The number of nitrogens with one attached hydrogen (secondary N) is 1. The van der Waals surface area contributed by atoms with Crippen molar-refractivity contribution in [1.29, 1.82) is 5.26 Å². The summed E-state index contributed by atoms with van der Waals surface area (Å²) in [6.45, 7) is 4.16. The van der Waals surface area contributed by atoms with E-state index in [-0.39, 0.29) is 5.91 Å². The first-order valence-electron chi connectivity index (χ1n) is 6.64. The van der Waals surface area contributed by atoms with Gasteiger partial charge in [0.15, 0.2) is 0 Å². The summed E-state index contributed by atoms with van der Waals surface area (Å²) in [4.78, 5) is 11.8. The molecule has 1 N–H and O–H groups in total. The molecule has 1 amide bonds. The van der Waals surface area contributed by atoms with Crippen molar-refractivity contribution in [2.24, 2.45) is 0 Å². The zero-order valence-electron chi connectivity index (χ0n) is 11.3. The molecule has 0 unspecified atom stereocenters. The molecule has 0 atom stereocenters. The minimum Gasteiger partial charge on any atom is -0.381 e. The number of carbonyl (C=O) groups excluding carboxylic acids is 1. The average molecular weight is 260 g/mol. The van der Waals surface area contributed by atoms with Crippen LogP contribution in [0, 0.1) is 11.3 Å². The molecule has 0 radical (unpaired) electrons. The fourth-order valence-electron chi connectivity index (χ4n) is 1.56.